The summed E-state index contributed by atoms with van der Waals surface area (Å²) in [5.74, 6) is 0.860. The Morgan fingerprint density at radius 1 is 1.12 bits per heavy atom. The quantitative estimate of drug-likeness (QED) is 0.518. The summed E-state index contributed by atoms with van der Waals surface area (Å²) in [7, 11) is 3.57. The number of pyridine rings is 2. The lowest BCUT2D eigenvalue weighted by atomic mass is 10.1. The molecule has 3 aliphatic rings. The number of rotatable bonds is 3. The molecule has 3 aliphatic heterocycles. The van der Waals surface area contributed by atoms with Crippen LogP contribution >= 0.6 is 0 Å². The highest BCUT2D eigenvalue weighted by molar-refractivity contribution is 5.78. The Labute approximate surface area is 144 Å². The van der Waals surface area contributed by atoms with Crippen LogP contribution in [0.15, 0.2) is 65.4 Å². The van der Waals surface area contributed by atoms with Gasteiger partial charge in [0.2, 0.25) is 0 Å². The molecule has 25 heavy (non-hydrogen) atoms. The molecule has 3 aromatic rings. The number of methoxy groups -OCH3 is 1. The van der Waals surface area contributed by atoms with Crippen LogP contribution in [0.1, 0.15) is 0 Å². The van der Waals surface area contributed by atoms with Gasteiger partial charge in [0.25, 0.3) is 0 Å². The molecule has 6 nitrogen and oxygen atoms in total. The number of anilines is 1. The number of hydrogen-bond donors (Lipinski definition) is 2. The number of fused-ring (bicyclic) bond motifs is 1. The van der Waals surface area contributed by atoms with Crippen LogP contribution < -0.4 is 10.1 Å². The Hall–Kier alpha value is -3.41. The standard InChI is InChI=1S/C13H14N2O.C6H4N2O/c1-14-13-7-8-15-9-12(13)10-3-5-11(16-2)6-4-10;1-2-6-5-3-4(1)8(5)7-9-6/h3-9H,1-2H3,(H,14,15);1-3,7H. The van der Waals surface area contributed by atoms with E-state index in [1.54, 1.807) is 13.3 Å². The maximum Gasteiger partial charge on any atom is 0.182 e. The first-order valence-corrected chi connectivity index (χ1v) is 7.93. The molecular formula is C19H18N4O2. The van der Waals surface area contributed by atoms with Gasteiger partial charge in [-0.25, -0.2) is 4.68 Å². The predicted molar refractivity (Wildman–Crippen MR) is 98.0 cm³/mol. The molecule has 4 heterocycles. The third-order valence-corrected chi connectivity index (χ3v) is 4.18. The van der Waals surface area contributed by atoms with Crippen LogP contribution in [0.5, 0.6) is 5.75 Å². The van der Waals surface area contributed by atoms with Crippen LogP contribution in [0.2, 0.25) is 0 Å². The van der Waals surface area contributed by atoms with Crippen molar-refractivity contribution < 1.29 is 9.26 Å². The van der Waals surface area contributed by atoms with Gasteiger partial charge in [0.15, 0.2) is 5.58 Å². The fourth-order valence-electron chi connectivity index (χ4n) is 2.79. The topological polar surface area (TPSA) is 68.0 Å². The van der Waals surface area contributed by atoms with Crippen LogP contribution in [0.4, 0.5) is 5.69 Å². The fourth-order valence-corrected chi connectivity index (χ4v) is 2.79. The van der Waals surface area contributed by atoms with E-state index >= 15 is 0 Å². The first-order valence-electron chi connectivity index (χ1n) is 7.93. The van der Waals surface area contributed by atoms with Gasteiger partial charge in [-0.15, -0.1) is 0 Å². The highest BCUT2D eigenvalue weighted by atomic mass is 16.5. The van der Waals surface area contributed by atoms with E-state index in [0.29, 0.717) is 0 Å². The molecule has 0 spiro atoms. The van der Waals surface area contributed by atoms with Gasteiger partial charge >= 0.3 is 0 Å². The summed E-state index contributed by atoms with van der Waals surface area (Å²) in [6.07, 6.45) is 3.63. The normalized spacial score (nSPS) is 10.8. The predicted octanol–water partition coefficient (Wildman–Crippen LogP) is 4.23. The summed E-state index contributed by atoms with van der Waals surface area (Å²) < 4.78 is 12.1. The summed E-state index contributed by atoms with van der Waals surface area (Å²) in [6.45, 7) is 0. The molecule has 0 fully saturated rings. The van der Waals surface area contributed by atoms with E-state index in [4.69, 9.17) is 9.26 Å². The number of hydrogen-bond acceptors (Lipinski definition) is 4. The number of ether oxygens (including phenoxy) is 1. The van der Waals surface area contributed by atoms with Crippen molar-refractivity contribution in [2.45, 2.75) is 0 Å². The third kappa shape index (κ3) is 2.67. The highest BCUT2D eigenvalue weighted by Gasteiger charge is 2.15. The lowest BCUT2D eigenvalue weighted by Crippen LogP contribution is -2.02. The zero-order chi connectivity index (χ0) is 17.2. The van der Waals surface area contributed by atoms with E-state index in [0.717, 1.165) is 33.8 Å². The first kappa shape index (κ1) is 15.1. The van der Waals surface area contributed by atoms with Crippen molar-refractivity contribution >= 4 is 16.8 Å². The molecule has 2 N–H and O–H groups in total. The molecule has 0 saturated carbocycles. The summed E-state index contributed by atoms with van der Waals surface area (Å²) in [5.41, 5.74) is 6.52. The van der Waals surface area contributed by atoms with Crippen molar-refractivity contribution in [2.75, 3.05) is 19.5 Å². The van der Waals surface area contributed by atoms with Gasteiger partial charge in [-0.2, -0.15) is 5.27 Å². The van der Waals surface area contributed by atoms with Crippen LogP contribution in [0, 0.1) is 0 Å². The summed E-state index contributed by atoms with van der Waals surface area (Å²) >= 11 is 0. The number of aromatic amines is 1. The summed E-state index contributed by atoms with van der Waals surface area (Å²) in [4.78, 5) is 4.14. The minimum atomic E-state index is 0.860. The molecule has 2 aromatic carbocycles. The minimum Gasteiger partial charge on any atom is -0.497 e. The van der Waals surface area contributed by atoms with Gasteiger partial charge in [0, 0.05) is 30.7 Å². The number of benzene rings is 2. The monoisotopic (exact) mass is 334 g/mol. The Balaban J connectivity index is 0.000000144. The zero-order valence-electron chi connectivity index (χ0n) is 14.0. The second-order valence-electron chi connectivity index (χ2n) is 5.58. The first-order chi connectivity index (χ1) is 12.3. The van der Waals surface area contributed by atoms with Gasteiger partial charge in [-0.1, -0.05) is 12.1 Å². The molecule has 0 amide bonds. The van der Waals surface area contributed by atoms with Crippen LogP contribution in [0.3, 0.4) is 0 Å². The molecule has 0 radical (unpaired) electrons. The maximum atomic E-state index is 5.13. The van der Waals surface area contributed by atoms with Gasteiger partial charge in [0.1, 0.15) is 11.4 Å². The van der Waals surface area contributed by atoms with Crippen molar-refractivity contribution in [3.8, 4) is 22.6 Å². The Kier molecular flexibility index (Phi) is 3.78. The molecule has 0 atom stereocenters. The second-order valence-corrected chi connectivity index (χ2v) is 5.58. The van der Waals surface area contributed by atoms with Crippen molar-refractivity contribution in [2.24, 2.45) is 0 Å². The van der Waals surface area contributed by atoms with E-state index in [9.17, 15) is 0 Å². The lowest BCUT2D eigenvalue weighted by molar-refractivity contribution is 0.409. The number of nitrogens with one attached hydrogen (secondary N) is 2. The number of H-pyrrole nitrogens is 1. The maximum absolute atomic E-state index is 5.13. The van der Waals surface area contributed by atoms with Gasteiger partial charge in [-0.05, 0) is 42.0 Å². The van der Waals surface area contributed by atoms with Gasteiger partial charge < -0.3 is 14.6 Å². The third-order valence-electron chi connectivity index (χ3n) is 4.18. The molecule has 4 bridgehead atoms. The van der Waals surface area contributed by atoms with Crippen molar-refractivity contribution in [3.05, 3.63) is 60.9 Å². The molecule has 6 heteroatoms. The van der Waals surface area contributed by atoms with Crippen molar-refractivity contribution in [1.82, 2.24) is 14.9 Å². The van der Waals surface area contributed by atoms with Crippen LogP contribution in [-0.4, -0.2) is 29.1 Å². The average molecular weight is 334 g/mol. The number of nitrogens with zero attached hydrogens (tertiary/aromatic N) is 2. The van der Waals surface area contributed by atoms with E-state index in [1.165, 1.54) is 5.52 Å². The highest BCUT2D eigenvalue weighted by Crippen LogP contribution is 2.29. The number of aromatic nitrogens is 3. The second kappa shape index (κ2) is 6.24. The molecular weight excluding hydrogens is 316 g/mol. The van der Waals surface area contributed by atoms with E-state index < -0.39 is 0 Å². The molecule has 6 rings (SSSR count). The summed E-state index contributed by atoms with van der Waals surface area (Å²) in [6, 6.07) is 16.0. The molecule has 0 unspecified atom stereocenters. The van der Waals surface area contributed by atoms with E-state index in [2.05, 4.69) is 21.6 Å². The molecule has 0 saturated heterocycles. The van der Waals surface area contributed by atoms with Crippen LogP contribution in [-0.2, 0) is 0 Å². The average Bonchev–Trinajstić information content (AvgIpc) is 2.90. The Bertz CT molecular complexity index is 1010. The molecule has 0 aliphatic carbocycles. The van der Waals surface area contributed by atoms with E-state index in [-0.39, 0.29) is 0 Å². The van der Waals surface area contributed by atoms with E-state index in [1.807, 2.05) is 60.4 Å². The van der Waals surface area contributed by atoms with Gasteiger partial charge in [-0.3, -0.25) is 4.98 Å². The fraction of sp³-hybridized carbons (Fsp3) is 0.105. The SMILES string of the molecule is CNc1ccncc1-c1ccc(OC)cc1.c1cc2cc3c1o[nH]n2-3. The minimum absolute atomic E-state index is 0.860. The van der Waals surface area contributed by atoms with Crippen LogP contribution in [0.25, 0.3) is 27.9 Å². The van der Waals surface area contributed by atoms with Crippen molar-refractivity contribution in [3.63, 3.8) is 0 Å². The summed E-state index contributed by atoms with van der Waals surface area (Å²) in [5, 5.41) is 5.90. The van der Waals surface area contributed by atoms with Gasteiger partial charge in [0.05, 0.1) is 12.6 Å². The largest absolute Gasteiger partial charge is 0.497 e. The Morgan fingerprint density at radius 3 is 2.60 bits per heavy atom. The zero-order valence-corrected chi connectivity index (χ0v) is 14.0. The molecule has 1 aromatic heterocycles. The smallest absolute Gasteiger partial charge is 0.182 e. The lowest BCUT2D eigenvalue weighted by Gasteiger charge is -2.08. The molecule has 126 valence electrons. The van der Waals surface area contributed by atoms with Crippen molar-refractivity contribution in [1.29, 1.82) is 0 Å². The Morgan fingerprint density at radius 2 is 1.96 bits per heavy atom.